The Hall–Kier alpha value is -3.54. The van der Waals surface area contributed by atoms with Crippen LogP contribution in [0.4, 0.5) is 5.69 Å². The number of hydrogen-bond donors (Lipinski definition) is 1. The molecule has 1 aliphatic rings. The van der Waals surface area contributed by atoms with Gasteiger partial charge in [-0.05, 0) is 56.2 Å². The molecule has 3 aromatic heterocycles. The largest absolute Gasteiger partial charge is 0.447 e. The number of anilines is 1. The summed E-state index contributed by atoms with van der Waals surface area (Å²) in [6, 6.07) is 11.6. The molecule has 1 saturated carbocycles. The minimum atomic E-state index is -0.254. The van der Waals surface area contributed by atoms with E-state index in [-0.39, 0.29) is 5.41 Å². The van der Waals surface area contributed by atoms with Crippen molar-refractivity contribution in [2.45, 2.75) is 31.6 Å². The first-order valence-corrected chi connectivity index (χ1v) is 9.71. The van der Waals surface area contributed by atoms with Crippen molar-refractivity contribution >= 4 is 5.69 Å². The number of nitrogens with two attached hydrogens (primary N) is 1. The van der Waals surface area contributed by atoms with Gasteiger partial charge in [0.1, 0.15) is 12.0 Å². The molecule has 1 fully saturated rings. The van der Waals surface area contributed by atoms with E-state index in [1.807, 2.05) is 61.9 Å². The fourth-order valence-corrected chi connectivity index (χ4v) is 3.76. The van der Waals surface area contributed by atoms with Crippen LogP contribution in [0.3, 0.4) is 0 Å². The van der Waals surface area contributed by atoms with Crippen molar-refractivity contribution in [3.05, 3.63) is 78.4 Å². The Bertz CT molecular complexity index is 1130. The van der Waals surface area contributed by atoms with Crippen molar-refractivity contribution in [3.63, 3.8) is 0 Å². The van der Waals surface area contributed by atoms with Gasteiger partial charge in [-0.15, -0.1) is 0 Å². The standard InChI is InChI=1S/C23H21N5O/c1-15-3-4-17(11-25-15)20-14-29-22(28-20)23(9-2-10-23)18-12-26-21(27-13-18)16-5-7-19(24)8-6-16/h3-8,11-14H,2,9-10,24H2,1H3. The van der Waals surface area contributed by atoms with Gasteiger partial charge in [-0.2, -0.15) is 0 Å². The summed E-state index contributed by atoms with van der Waals surface area (Å²) in [5.41, 5.74) is 11.0. The number of oxazole rings is 1. The van der Waals surface area contributed by atoms with E-state index in [0.717, 1.165) is 58.9 Å². The molecule has 1 aliphatic carbocycles. The second-order valence-corrected chi connectivity index (χ2v) is 7.58. The Kier molecular flexibility index (Phi) is 4.12. The first kappa shape index (κ1) is 17.6. The monoisotopic (exact) mass is 383 g/mol. The quantitative estimate of drug-likeness (QED) is 0.520. The summed E-state index contributed by atoms with van der Waals surface area (Å²) >= 11 is 0. The Labute approximate surface area is 168 Å². The highest BCUT2D eigenvalue weighted by atomic mass is 16.3. The fourth-order valence-electron chi connectivity index (χ4n) is 3.76. The highest BCUT2D eigenvalue weighted by molar-refractivity contribution is 5.59. The first-order chi connectivity index (χ1) is 14.1. The van der Waals surface area contributed by atoms with Crippen molar-refractivity contribution in [2.75, 3.05) is 5.73 Å². The predicted molar refractivity (Wildman–Crippen MR) is 111 cm³/mol. The smallest absolute Gasteiger partial charge is 0.205 e. The van der Waals surface area contributed by atoms with Crippen LogP contribution in [0.1, 0.15) is 36.4 Å². The van der Waals surface area contributed by atoms with Crippen molar-refractivity contribution < 1.29 is 4.42 Å². The second kappa shape index (κ2) is 6.81. The normalized spacial score (nSPS) is 15.1. The van der Waals surface area contributed by atoms with Crippen LogP contribution in [0.15, 0.2) is 65.7 Å². The summed E-state index contributed by atoms with van der Waals surface area (Å²) in [6.45, 7) is 1.97. The van der Waals surface area contributed by atoms with Crippen LogP contribution < -0.4 is 5.73 Å². The maximum Gasteiger partial charge on any atom is 0.205 e. The molecule has 1 aromatic carbocycles. The maximum absolute atomic E-state index is 5.93. The molecule has 4 aromatic rings. The number of nitrogens with zero attached hydrogens (tertiary/aromatic N) is 4. The summed E-state index contributed by atoms with van der Waals surface area (Å²) in [5, 5.41) is 0. The van der Waals surface area contributed by atoms with E-state index in [1.165, 1.54) is 0 Å². The van der Waals surface area contributed by atoms with Crippen molar-refractivity contribution in [1.82, 2.24) is 19.9 Å². The van der Waals surface area contributed by atoms with Crippen LogP contribution in [0.25, 0.3) is 22.6 Å². The Balaban J connectivity index is 1.46. The number of pyridine rings is 1. The Morgan fingerprint density at radius 1 is 0.897 bits per heavy atom. The van der Waals surface area contributed by atoms with E-state index in [0.29, 0.717) is 5.82 Å². The van der Waals surface area contributed by atoms with Crippen LogP contribution in [-0.2, 0) is 5.41 Å². The molecule has 0 amide bonds. The highest BCUT2D eigenvalue weighted by Crippen LogP contribution is 2.48. The van der Waals surface area contributed by atoms with Crippen LogP contribution in [-0.4, -0.2) is 19.9 Å². The van der Waals surface area contributed by atoms with E-state index in [4.69, 9.17) is 15.1 Å². The summed E-state index contributed by atoms with van der Waals surface area (Å²) in [4.78, 5) is 18.3. The van der Waals surface area contributed by atoms with Gasteiger partial charge in [0.25, 0.3) is 0 Å². The molecule has 29 heavy (non-hydrogen) atoms. The summed E-state index contributed by atoms with van der Waals surface area (Å²) in [7, 11) is 0. The number of rotatable bonds is 4. The highest BCUT2D eigenvalue weighted by Gasteiger charge is 2.45. The molecule has 0 atom stereocenters. The molecule has 6 nitrogen and oxygen atoms in total. The van der Waals surface area contributed by atoms with Gasteiger partial charge in [0.05, 0.1) is 5.41 Å². The van der Waals surface area contributed by atoms with Crippen LogP contribution in [0.5, 0.6) is 0 Å². The SMILES string of the molecule is Cc1ccc(-c2coc(C3(c4cnc(-c5ccc(N)cc5)nc4)CCC3)n2)cn1. The fraction of sp³-hybridized carbons (Fsp3) is 0.217. The van der Waals surface area contributed by atoms with Crippen molar-refractivity contribution in [3.8, 4) is 22.6 Å². The van der Waals surface area contributed by atoms with Crippen LogP contribution >= 0.6 is 0 Å². The summed E-state index contributed by atoms with van der Waals surface area (Å²) in [5.74, 6) is 1.41. The van der Waals surface area contributed by atoms with E-state index in [9.17, 15) is 0 Å². The van der Waals surface area contributed by atoms with Crippen LogP contribution in [0.2, 0.25) is 0 Å². The number of benzene rings is 1. The molecule has 3 heterocycles. The molecule has 144 valence electrons. The average molecular weight is 383 g/mol. The zero-order valence-electron chi connectivity index (χ0n) is 16.2. The summed E-state index contributed by atoms with van der Waals surface area (Å²) in [6.07, 6.45) is 10.4. The van der Waals surface area contributed by atoms with E-state index in [2.05, 4.69) is 15.0 Å². The lowest BCUT2D eigenvalue weighted by Crippen LogP contribution is -2.36. The number of aromatic nitrogens is 4. The van der Waals surface area contributed by atoms with Gasteiger partial charge >= 0.3 is 0 Å². The number of hydrogen-bond acceptors (Lipinski definition) is 6. The molecule has 0 spiro atoms. The molecule has 6 heteroatoms. The lowest BCUT2D eigenvalue weighted by molar-refractivity contribution is 0.238. The first-order valence-electron chi connectivity index (χ1n) is 9.71. The third kappa shape index (κ3) is 3.06. The molecular formula is C23H21N5O. The Morgan fingerprint density at radius 3 is 2.24 bits per heavy atom. The minimum Gasteiger partial charge on any atom is -0.447 e. The molecular weight excluding hydrogens is 362 g/mol. The third-order valence-electron chi connectivity index (χ3n) is 5.70. The zero-order chi connectivity index (χ0) is 19.8. The van der Waals surface area contributed by atoms with Gasteiger partial charge < -0.3 is 10.2 Å². The van der Waals surface area contributed by atoms with Crippen LogP contribution in [0, 0.1) is 6.92 Å². The van der Waals surface area contributed by atoms with Gasteiger partial charge in [0.2, 0.25) is 5.89 Å². The van der Waals surface area contributed by atoms with E-state index in [1.54, 1.807) is 6.26 Å². The topological polar surface area (TPSA) is 90.7 Å². The van der Waals surface area contributed by atoms with E-state index < -0.39 is 0 Å². The zero-order valence-corrected chi connectivity index (χ0v) is 16.2. The molecule has 0 saturated heterocycles. The molecule has 0 unspecified atom stereocenters. The molecule has 0 aliphatic heterocycles. The van der Waals surface area contributed by atoms with Gasteiger partial charge in [-0.25, -0.2) is 15.0 Å². The van der Waals surface area contributed by atoms with Crippen molar-refractivity contribution in [2.24, 2.45) is 0 Å². The van der Waals surface area contributed by atoms with E-state index >= 15 is 0 Å². The molecule has 2 N–H and O–H groups in total. The van der Waals surface area contributed by atoms with Gasteiger partial charge in [0, 0.05) is 46.7 Å². The van der Waals surface area contributed by atoms with Crippen molar-refractivity contribution in [1.29, 1.82) is 0 Å². The molecule has 0 radical (unpaired) electrons. The maximum atomic E-state index is 5.93. The summed E-state index contributed by atoms with van der Waals surface area (Å²) < 4.78 is 5.93. The molecule has 5 rings (SSSR count). The number of nitrogen functional groups attached to an aromatic ring is 1. The van der Waals surface area contributed by atoms with Gasteiger partial charge in [0.15, 0.2) is 5.82 Å². The third-order valence-corrected chi connectivity index (χ3v) is 5.70. The Morgan fingerprint density at radius 2 is 1.62 bits per heavy atom. The number of aryl methyl sites for hydroxylation is 1. The second-order valence-electron chi connectivity index (χ2n) is 7.58. The van der Waals surface area contributed by atoms with Gasteiger partial charge in [-0.3, -0.25) is 4.98 Å². The van der Waals surface area contributed by atoms with Gasteiger partial charge in [-0.1, -0.05) is 6.42 Å². The lowest BCUT2D eigenvalue weighted by Gasteiger charge is -2.38. The molecule has 0 bridgehead atoms. The lowest BCUT2D eigenvalue weighted by atomic mass is 9.65. The average Bonchev–Trinajstić information content (AvgIpc) is 3.19. The predicted octanol–water partition coefficient (Wildman–Crippen LogP) is 4.55. The minimum absolute atomic E-state index is 0.254.